The van der Waals surface area contributed by atoms with Crippen LogP contribution in [0.15, 0.2) is 64.0 Å². The molecule has 7 heteroatoms. The summed E-state index contributed by atoms with van der Waals surface area (Å²) in [5.41, 5.74) is 2.48. The Bertz CT molecular complexity index is 1010. The number of aromatic nitrogens is 1. The highest BCUT2D eigenvalue weighted by Crippen LogP contribution is 2.31. The van der Waals surface area contributed by atoms with Gasteiger partial charge >= 0.3 is 10.1 Å². The molecular weight excluding hydrogens is 426 g/mol. The predicted molar refractivity (Wildman–Crippen MR) is 102 cm³/mol. The van der Waals surface area contributed by atoms with E-state index >= 15 is 0 Å². The first kappa shape index (κ1) is 18.0. The molecule has 0 bridgehead atoms. The molecule has 0 atom stereocenters. The highest BCUT2D eigenvalue weighted by atomic mass is 79.9. The van der Waals surface area contributed by atoms with E-state index in [2.05, 4.69) is 15.9 Å². The number of benzene rings is 2. The van der Waals surface area contributed by atoms with E-state index in [-0.39, 0.29) is 10.6 Å². The Kier molecular flexibility index (Phi) is 4.95. The average molecular weight is 441 g/mol. The van der Waals surface area contributed by atoms with Crippen molar-refractivity contribution in [2.75, 3.05) is 0 Å². The van der Waals surface area contributed by atoms with Crippen molar-refractivity contribution in [1.29, 1.82) is 0 Å². The van der Waals surface area contributed by atoms with Crippen LogP contribution in [0.4, 0.5) is 0 Å². The summed E-state index contributed by atoms with van der Waals surface area (Å²) in [6, 6.07) is 15.0. The zero-order chi connectivity index (χ0) is 18.2. The van der Waals surface area contributed by atoms with Crippen molar-refractivity contribution in [1.82, 2.24) is 4.57 Å². The largest absolute Gasteiger partial charge is 0.377 e. The lowest BCUT2D eigenvalue weighted by Gasteiger charge is -2.16. The molecule has 2 aromatic carbocycles. The molecule has 3 aromatic rings. The third-order valence-electron chi connectivity index (χ3n) is 3.73. The number of hydrogen-bond acceptors (Lipinski definition) is 3. The smallest absolute Gasteiger partial charge is 0.339 e. The van der Waals surface area contributed by atoms with Crippen molar-refractivity contribution in [3.63, 3.8) is 0 Å². The maximum Gasteiger partial charge on any atom is 0.339 e. The summed E-state index contributed by atoms with van der Waals surface area (Å²) in [6.07, 6.45) is 0. The van der Waals surface area contributed by atoms with E-state index in [1.54, 1.807) is 30.3 Å². The van der Waals surface area contributed by atoms with E-state index in [1.807, 2.05) is 30.5 Å². The summed E-state index contributed by atoms with van der Waals surface area (Å²) >= 11 is 9.41. The molecule has 0 saturated carbocycles. The fourth-order valence-electron chi connectivity index (χ4n) is 2.55. The minimum absolute atomic E-state index is 0.0811. The van der Waals surface area contributed by atoms with Gasteiger partial charge in [-0.3, -0.25) is 0 Å². The first-order chi connectivity index (χ1) is 11.8. The summed E-state index contributed by atoms with van der Waals surface area (Å²) in [6.45, 7) is 3.86. The van der Waals surface area contributed by atoms with Crippen molar-refractivity contribution < 1.29 is 12.6 Å². The molecule has 0 radical (unpaired) electrons. The molecule has 4 nitrogen and oxygen atoms in total. The Balaban J connectivity index is 2.08. The first-order valence-electron chi connectivity index (χ1n) is 7.43. The molecule has 1 aromatic heterocycles. The molecule has 130 valence electrons. The van der Waals surface area contributed by atoms with Gasteiger partial charge in [-0.05, 0) is 68.4 Å². The van der Waals surface area contributed by atoms with Crippen molar-refractivity contribution in [3.05, 3.63) is 75.5 Å². The van der Waals surface area contributed by atoms with Gasteiger partial charge in [0.15, 0.2) is 5.75 Å². The number of hydrogen-bond donors (Lipinski definition) is 0. The molecule has 0 aliphatic carbocycles. The molecule has 0 aliphatic rings. The lowest BCUT2D eigenvalue weighted by atomic mass is 10.2. The molecule has 0 fully saturated rings. The second-order valence-corrected chi connectivity index (χ2v) is 8.45. The van der Waals surface area contributed by atoms with Crippen LogP contribution in [-0.4, -0.2) is 13.0 Å². The van der Waals surface area contributed by atoms with E-state index in [9.17, 15) is 8.42 Å². The molecule has 0 spiro atoms. The summed E-state index contributed by atoms with van der Waals surface area (Å²) < 4.78 is 33.3. The third kappa shape index (κ3) is 3.76. The van der Waals surface area contributed by atoms with E-state index in [0.29, 0.717) is 10.7 Å². The second kappa shape index (κ2) is 6.86. The molecule has 25 heavy (non-hydrogen) atoms. The van der Waals surface area contributed by atoms with Gasteiger partial charge in [-0.2, -0.15) is 8.42 Å². The topological polar surface area (TPSA) is 48.3 Å². The van der Waals surface area contributed by atoms with Gasteiger partial charge < -0.3 is 8.75 Å². The number of rotatable bonds is 4. The highest BCUT2D eigenvalue weighted by Gasteiger charge is 2.20. The number of nitrogens with zero attached hydrogens (tertiary/aromatic N) is 1. The Morgan fingerprint density at radius 3 is 2.16 bits per heavy atom. The van der Waals surface area contributed by atoms with E-state index < -0.39 is 10.1 Å². The third-order valence-corrected chi connectivity index (χ3v) is 5.75. The molecule has 0 amide bonds. The van der Waals surface area contributed by atoms with Crippen LogP contribution in [0.1, 0.15) is 11.4 Å². The van der Waals surface area contributed by atoms with Crippen LogP contribution in [0.5, 0.6) is 5.75 Å². The second-order valence-electron chi connectivity index (χ2n) is 5.55. The summed E-state index contributed by atoms with van der Waals surface area (Å²) in [7, 11) is -3.96. The van der Waals surface area contributed by atoms with Crippen LogP contribution in [0.3, 0.4) is 0 Å². The van der Waals surface area contributed by atoms with Crippen LogP contribution in [0.2, 0.25) is 5.02 Å². The van der Waals surface area contributed by atoms with Gasteiger partial charge in [0, 0.05) is 20.9 Å². The maximum atomic E-state index is 12.6. The molecule has 3 rings (SSSR count). The van der Waals surface area contributed by atoms with Gasteiger partial charge in [-0.15, -0.1) is 0 Å². The zero-order valence-corrected chi connectivity index (χ0v) is 16.7. The number of halogens is 2. The minimum Gasteiger partial charge on any atom is -0.377 e. The highest BCUT2D eigenvalue weighted by molar-refractivity contribution is 9.10. The molecule has 0 N–H and O–H groups in total. The average Bonchev–Trinajstić information content (AvgIpc) is 2.88. The van der Waals surface area contributed by atoms with Crippen molar-refractivity contribution in [2.45, 2.75) is 18.7 Å². The van der Waals surface area contributed by atoms with Gasteiger partial charge in [-0.1, -0.05) is 27.5 Å². The van der Waals surface area contributed by atoms with Crippen LogP contribution >= 0.6 is 27.5 Å². The van der Waals surface area contributed by atoms with E-state index in [1.165, 1.54) is 12.1 Å². The van der Waals surface area contributed by atoms with Crippen LogP contribution in [-0.2, 0) is 10.1 Å². The SMILES string of the molecule is Cc1ccc(C)n1-c1cc(Cl)ccc1OS(=O)(=O)c1ccc(Br)cc1. The summed E-state index contributed by atoms with van der Waals surface area (Å²) in [5.74, 6) is 0.217. The summed E-state index contributed by atoms with van der Waals surface area (Å²) in [4.78, 5) is 0.0811. The van der Waals surface area contributed by atoms with Crippen molar-refractivity contribution in [2.24, 2.45) is 0 Å². The standard InChI is InChI=1S/C18H15BrClNO3S/c1-12-3-4-13(2)21(12)17-11-15(20)7-10-18(17)24-25(22,23)16-8-5-14(19)6-9-16/h3-11H,1-2H3. The minimum atomic E-state index is -3.96. The maximum absolute atomic E-state index is 12.6. The lowest BCUT2D eigenvalue weighted by Crippen LogP contribution is -2.12. The zero-order valence-electron chi connectivity index (χ0n) is 13.5. The molecule has 0 unspecified atom stereocenters. The Morgan fingerprint density at radius 2 is 1.56 bits per heavy atom. The van der Waals surface area contributed by atoms with E-state index in [0.717, 1.165) is 15.9 Å². The number of aryl methyl sites for hydroxylation is 2. The van der Waals surface area contributed by atoms with Gasteiger partial charge in [0.2, 0.25) is 0 Å². The normalized spacial score (nSPS) is 11.5. The fourth-order valence-corrected chi connectivity index (χ4v) is 3.93. The van der Waals surface area contributed by atoms with Gasteiger partial charge in [0.05, 0.1) is 5.69 Å². The first-order valence-corrected chi connectivity index (χ1v) is 10.0. The molecule has 0 saturated heterocycles. The Labute approximate surface area is 160 Å². The van der Waals surface area contributed by atoms with Crippen LogP contribution in [0.25, 0.3) is 5.69 Å². The molecule has 0 aliphatic heterocycles. The van der Waals surface area contributed by atoms with Crippen LogP contribution in [0, 0.1) is 13.8 Å². The quantitative estimate of drug-likeness (QED) is 0.519. The van der Waals surface area contributed by atoms with Gasteiger partial charge in [0.25, 0.3) is 0 Å². The van der Waals surface area contributed by atoms with Crippen molar-refractivity contribution >= 4 is 37.6 Å². The Morgan fingerprint density at radius 1 is 0.960 bits per heavy atom. The molecular formula is C18H15BrClNO3S. The van der Waals surface area contributed by atoms with Crippen LogP contribution < -0.4 is 4.18 Å². The molecule has 1 heterocycles. The van der Waals surface area contributed by atoms with E-state index in [4.69, 9.17) is 15.8 Å². The monoisotopic (exact) mass is 439 g/mol. The predicted octanol–water partition coefficient (Wildman–Crippen LogP) is 5.28. The summed E-state index contributed by atoms with van der Waals surface area (Å²) in [5, 5.41) is 0.496. The van der Waals surface area contributed by atoms with Gasteiger partial charge in [-0.25, -0.2) is 0 Å². The lowest BCUT2D eigenvalue weighted by molar-refractivity contribution is 0.484. The fraction of sp³-hybridized carbons (Fsp3) is 0.111. The van der Waals surface area contributed by atoms with Gasteiger partial charge in [0.1, 0.15) is 4.90 Å². The Hall–Kier alpha value is -1.76. The van der Waals surface area contributed by atoms with Crippen molar-refractivity contribution in [3.8, 4) is 11.4 Å².